The second-order valence-corrected chi connectivity index (χ2v) is 7.77. The summed E-state index contributed by atoms with van der Waals surface area (Å²) in [5.74, 6) is 0.442. The molecule has 0 bridgehead atoms. The Labute approximate surface area is 125 Å². The van der Waals surface area contributed by atoms with Crippen molar-refractivity contribution < 1.29 is 4.79 Å². The van der Waals surface area contributed by atoms with Gasteiger partial charge in [-0.05, 0) is 53.2 Å². The highest BCUT2D eigenvalue weighted by atomic mass is 79.9. The Hall–Kier alpha value is -0.0600. The summed E-state index contributed by atoms with van der Waals surface area (Å²) in [6.45, 7) is 2.69. The van der Waals surface area contributed by atoms with E-state index in [0.29, 0.717) is 12.5 Å². The van der Waals surface area contributed by atoms with Crippen LogP contribution < -0.4 is 5.32 Å². The van der Waals surface area contributed by atoms with Crippen LogP contribution in [0.5, 0.6) is 0 Å². The maximum atomic E-state index is 12.0. The normalized spacial score (nSPS) is 23.9. The summed E-state index contributed by atoms with van der Waals surface area (Å²) in [5.41, 5.74) is 1.11. The van der Waals surface area contributed by atoms with Gasteiger partial charge in [0.2, 0.25) is 0 Å². The second kappa shape index (κ2) is 6.40. The van der Waals surface area contributed by atoms with Crippen LogP contribution in [0.15, 0.2) is 9.85 Å². The van der Waals surface area contributed by atoms with Gasteiger partial charge in [0.15, 0.2) is 0 Å². The number of halogens is 2. The van der Waals surface area contributed by atoms with Crippen molar-refractivity contribution >= 4 is 44.8 Å². The largest absolute Gasteiger partial charge is 0.351 e. The molecule has 0 aromatic carbocycles. The van der Waals surface area contributed by atoms with Gasteiger partial charge in [0.1, 0.15) is 0 Å². The van der Waals surface area contributed by atoms with Crippen LogP contribution in [-0.4, -0.2) is 17.8 Å². The number of amides is 1. The van der Waals surface area contributed by atoms with Crippen molar-refractivity contribution in [1.29, 1.82) is 0 Å². The predicted molar refractivity (Wildman–Crippen MR) is 80.7 cm³/mol. The molecule has 0 radical (unpaired) electrons. The minimum atomic E-state index is 0.0169. The first-order valence-electron chi connectivity index (χ1n) is 6.26. The Morgan fingerprint density at radius 3 is 2.89 bits per heavy atom. The monoisotopic (exact) mass is 349 g/mol. The molecular weight excluding hydrogens is 334 g/mol. The Morgan fingerprint density at radius 2 is 2.28 bits per heavy atom. The van der Waals surface area contributed by atoms with Crippen molar-refractivity contribution in [1.82, 2.24) is 5.32 Å². The molecule has 2 atom stereocenters. The number of rotatable bonds is 3. The van der Waals surface area contributed by atoms with Gasteiger partial charge in [0, 0.05) is 11.9 Å². The van der Waals surface area contributed by atoms with E-state index in [1.54, 1.807) is 0 Å². The third-order valence-corrected chi connectivity index (χ3v) is 6.13. The number of alkyl halides is 1. The number of carbonyl (C=O) groups is 1. The third kappa shape index (κ3) is 3.49. The van der Waals surface area contributed by atoms with Crippen LogP contribution in [0.3, 0.4) is 0 Å². The molecular formula is C13H17BrClNOS. The maximum Gasteiger partial charge on any atom is 0.261 e. The van der Waals surface area contributed by atoms with Gasteiger partial charge in [-0.15, -0.1) is 22.9 Å². The van der Waals surface area contributed by atoms with Crippen molar-refractivity contribution in [3.8, 4) is 0 Å². The minimum absolute atomic E-state index is 0.0169. The first-order valence-corrected chi connectivity index (χ1v) is 8.30. The predicted octanol–water partition coefficient (Wildman–Crippen LogP) is 4.35. The van der Waals surface area contributed by atoms with Crippen molar-refractivity contribution in [3.63, 3.8) is 0 Å². The van der Waals surface area contributed by atoms with Crippen molar-refractivity contribution in [2.24, 2.45) is 5.92 Å². The molecule has 18 heavy (non-hydrogen) atoms. The Bertz CT molecular complexity index is 415. The number of aryl methyl sites for hydroxylation is 1. The number of hydrogen-bond acceptors (Lipinski definition) is 2. The van der Waals surface area contributed by atoms with E-state index in [0.717, 1.165) is 27.1 Å². The molecule has 0 spiro atoms. The highest BCUT2D eigenvalue weighted by Crippen LogP contribution is 2.29. The lowest BCUT2D eigenvalue weighted by molar-refractivity contribution is 0.0948. The van der Waals surface area contributed by atoms with Gasteiger partial charge < -0.3 is 5.32 Å². The Balaban J connectivity index is 1.88. The smallest absolute Gasteiger partial charge is 0.261 e. The molecule has 1 aromatic heterocycles. The fourth-order valence-corrected chi connectivity index (χ4v) is 4.10. The summed E-state index contributed by atoms with van der Waals surface area (Å²) < 4.78 is 1.03. The lowest BCUT2D eigenvalue weighted by atomic mass is 9.89. The molecule has 2 rings (SSSR count). The molecule has 100 valence electrons. The Morgan fingerprint density at radius 1 is 1.56 bits per heavy atom. The molecule has 0 aliphatic heterocycles. The summed E-state index contributed by atoms with van der Waals surface area (Å²) in [6, 6.07) is 1.92. The average molecular weight is 351 g/mol. The zero-order valence-electron chi connectivity index (χ0n) is 10.3. The molecule has 2 unspecified atom stereocenters. The fraction of sp³-hybridized carbons (Fsp3) is 0.615. The molecule has 1 amide bonds. The van der Waals surface area contributed by atoms with E-state index in [1.165, 1.54) is 24.2 Å². The summed E-state index contributed by atoms with van der Waals surface area (Å²) in [7, 11) is 0. The van der Waals surface area contributed by atoms with Crippen LogP contribution in [0.25, 0.3) is 0 Å². The van der Waals surface area contributed by atoms with Crippen LogP contribution in [0, 0.1) is 12.8 Å². The second-order valence-electron chi connectivity index (χ2n) is 4.84. The summed E-state index contributed by atoms with van der Waals surface area (Å²) in [5, 5.41) is 3.22. The van der Waals surface area contributed by atoms with Gasteiger partial charge in [0.25, 0.3) is 5.91 Å². The minimum Gasteiger partial charge on any atom is -0.351 e. The van der Waals surface area contributed by atoms with Crippen molar-refractivity contribution in [3.05, 3.63) is 20.3 Å². The van der Waals surface area contributed by atoms with E-state index in [-0.39, 0.29) is 11.3 Å². The van der Waals surface area contributed by atoms with E-state index in [2.05, 4.69) is 21.2 Å². The molecule has 1 N–H and O–H groups in total. The van der Waals surface area contributed by atoms with Crippen LogP contribution in [0.2, 0.25) is 0 Å². The third-order valence-electron chi connectivity index (χ3n) is 3.42. The van der Waals surface area contributed by atoms with Gasteiger partial charge in [-0.1, -0.05) is 12.8 Å². The first-order chi connectivity index (χ1) is 8.58. The standard InChI is InChI=1S/C13H17BrClNOS/c1-8-6-11(18-12(8)14)13(17)16-7-9-4-2-3-5-10(9)15/h6,9-10H,2-5,7H2,1H3,(H,16,17). The van der Waals surface area contributed by atoms with Crippen LogP contribution in [0.1, 0.15) is 40.9 Å². The molecule has 2 nitrogen and oxygen atoms in total. The van der Waals surface area contributed by atoms with E-state index < -0.39 is 0 Å². The van der Waals surface area contributed by atoms with Crippen molar-refractivity contribution in [2.75, 3.05) is 6.54 Å². The molecule has 5 heteroatoms. The number of hydrogen-bond donors (Lipinski definition) is 1. The van der Waals surface area contributed by atoms with E-state index in [4.69, 9.17) is 11.6 Å². The van der Waals surface area contributed by atoms with Gasteiger partial charge in [-0.25, -0.2) is 0 Å². The zero-order chi connectivity index (χ0) is 13.1. The highest BCUT2D eigenvalue weighted by Gasteiger charge is 2.23. The summed E-state index contributed by atoms with van der Waals surface area (Å²) >= 11 is 11.2. The van der Waals surface area contributed by atoms with Gasteiger partial charge >= 0.3 is 0 Å². The molecule has 1 saturated carbocycles. The van der Waals surface area contributed by atoms with E-state index in [9.17, 15) is 4.79 Å². The number of carbonyl (C=O) groups excluding carboxylic acids is 1. The molecule has 0 saturated heterocycles. The van der Waals surface area contributed by atoms with E-state index in [1.807, 2.05) is 13.0 Å². The average Bonchev–Trinajstić information content (AvgIpc) is 2.68. The number of nitrogens with one attached hydrogen (secondary N) is 1. The topological polar surface area (TPSA) is 29.1 Å². The van der Waals surface area contributed by atoms with Crippen molar-refractivity contribution in [2.45, 2.75) is 38.0 Å². The van der Waals surface area contributed by atoms with Gasteiger partial charge in [-0.2, -0.15) is 0 Å². The van der Waals surface area contributed by atoms with E-state index >= 15 is 0 Å². The lowest BCUT2D eigenvalue weighted by Crippen LogP contribution is -2.34. The SMILES string of the molecule is Cc1cc(C(=O)NCC2CCCCC2Cl)sc1Br. The molecule has 1 heterocycles. The van der Waals surface area contributed by atoms with Crippen LogP contribution >= 0.6 is 38.9 Å². The summed E-state index contributed by atoms with van der Waals surface area (Å²) in [4.78, 5) is 12.8. The fourth-order valence-electron chi connectivity index (χ4n) is 2.28. The summed E-state index contributed by atoms with van der Waals surface area (Å²) in [6.07, 6.45) is 4.65. The molecule has 1 fully saturated rings. The maximum absolute atomic E-state index is 12.0. The lowest BCUT2D eigenvalue weighted by Gasteiger charge is -2.26. The van der Waals surface area contributed by atoms with Gasteiger partial charge in [0.05, 0.1) is 8.66 Å². The zero-order valence-corrected chi connectivity index (χ0v) is 13.5. The quantitative estimate of drug-likeness (QED) is 0.807. The highest BCUT2D eigenvalue weighted by molar-refractivity contribution is 9.11. The van der Waals surface area contributed by atoms with Crippen LogP contribution in [-0.2, 0) is 0 Å². The molecule has 1 aliphatic rings. The van der Waals surface area contributed by atoms with Gasteiger partial charge in [-0.3, -0.25) is 4.79 Å². The number of thiophene rings is 1. The molecule has 1 aliphatic carbocycles. The first kappa shape index (κ1) is 14.4. The molecule has 1 aromatic rings. The van der Waals surface area contributed by atoms with Crippen LogP contribution in [0.4, 0.5) is 0 Å². The Kier molecular flexibility index (Phi) is 5.10.